The van der Waals surface area contributed by atoms with Gasteiger partial charge in [-0.3, -0.25) is 0 Å². The van der Waals surface area contributed by atoms with Crippen molar-refractivity contribution in [3.63, 3.8) is 0 Å². The van der Waals surface area contributed by atoms with Gasteiger partial charge in [0.2, 0.25) is 0 Å². The van der Waals surface area contributed by atoms with E-state index in [9.17, 15) is 0 Å². The molecule has 0 saturated heterocycles. The summed E-state index contributed by atoms with van der Waals surface area (Å²) in [5, 5.41) is 9.16. The van der Waals surface area contributed by atoms with Crippen LogP contribution < -0.4 is 0 Å². The average Bonchev–Trinajstić information content (AvgIpc) is 1.41. The summed E-state index contributed by atoms with van der Waals surface area (Å²) in [5.74, 6) is 0. The maximum absolute atomic E-state index is 8.07. The van der Waals surface area contributed by atoms with E-state index in [1.165, 1.54) is 0 Å². The topological polar surface area (TPSA) is 20.2 Å². The van der Waals surface area contributed by atoms with Gasteiger partial charge in [-0.05, 0) is 0 Å². The van der Waals surface area contributed by atoms with E-state index in [-0.39, 0.29) is 0 Å². The minimum atomic E-state index is 0.344. The number of rotatable bonds is 2. The molecule has 29 valence electrons. The van der Waals surface area contributed by atoms with Crippen LogP contribution in [0.3, 0.4) is 0 Å². The van der Waals surface area contributed by atoms with Crippen molar-refractivity contribution in [2.45, 2.75) is 11.7 Å². The third kappa shape index (κ3) is 4.50. The first-order chi connectivity index (χ1) is 2.41. The van der Waals surface area contributed by atoms with Crippen molar-refractivity contribution in [3.05, 3.63) is 0 Å². The van der Waals surface area contributed by atoms with Crippen LogP contribution in [0.25, 0.3) is 0 Å². The van der Waals surface area contributed by atoms with Crippen LogP contribution in [-0.4, -0.2) is 28.2 Å². The van der Waals surface area contributed by atoms with Crippen LogP contribution in [0.1, 0.15) is 6.42 Å². The molecule has 0 aromatic rings. The number of aliphatic hydroxyl groups is 1. The zero-order valence-corrected chi connectivity index (χ0v) is 5.17. The fourth-order valence-corrected chi connectivity index (χ4v) is 0.411. The monoisotopic (exact) mass is 133 g/mol. The molecule has 3 radical (unpaired) electrons. The van der Waals surface area contributed by atoms with E-state index in [4.69, 9.17) is 5.11 Å². The zero-order valence-electron chi connectivity index (χ0n) is 3.07. The summed E-state index contributed by atoms with van der Waals surface area (Å²) in [5.41, 5.74) is 0. The molecule has 0 heterocycles. The molecule has 0 aromatic heterocycles. The molecule has 0 fully saturated rings. The molecule has 0 aliphatic rings. The van der Waals surface area contributed by atoms with Crippen LogP contribution >= 0.6 is 0 Å². The fraction of sp³-hybridized carbons (Fsp3) is 1.00. The van der Waals surface area contributed by atoms with Crippen molar-refractivity contribution in [1.29, 1.82) is 0 Å². The van der Waals surface area contributed by atoms with Crippen molar-refractivity contribution in [2.75, 3.05) is 6.61 Å². The van der Waals surface area contributed by atoms with Crippen molar-refractivity contribution in [1.82, 2.24) is 0 Å². The van der Waals surface area contributed by atoms with Gasteiger partial charge in [0.05, 0.1) is 0 Å². The van der Waals surface area contributed by atoms with E-state index < -0.39 is 0 Å². The first kappa shape index (κ1) is 5.50. The molecule has 0 bridgehead atoms. The van der Waals surface area contributed by atoms with Crippen molar-refractivity contribution >= 4 is 16.5 Å². The van der Waals surface area contributed by atoms with Gasteiger partial charge in [-0.25, -0.2) is 0 Å². The molecule has 0 aromatic carbocycles. The SMILES string of the molecule is OCC[CH2][Ge]. The third-order valence-electron chi connectivity index (χ3n) is 0.335. The summed E-state index contributed by atoms with van der Waals surface area (Å²) in [6, 6.07) is 0. The predicted molar refractivity (Wildman–Crippen MR) is 22.3 cm³/mol. The molecule has 0 spiro atoms. The van der Waals surface area contributed by atoms with Crippen LogP contribution in [-0.2, 0) is 0 Å². The summed E-state index contributed by atoms with van der Waals surface area (Å²) in [7, 11) is 0. The van der Waals surface area contributed by atoms with Gasteiger partial charge in [-0.1, -0.05) is 0 Å². The Morgan fingerprint density at radius 2 is 2.20 bits per heavy atom. The standard InChI is InChI=1S/C3H7GeO/c4-2-1-3-5/h5H,1-3H2. The average molecular weight is 132 g/mol. The van der Waals surface area contributed by atoms with Gasteiger partial charge in [-0.2, -0.15) is 0 Å². The summed E-state index contributed by atoms with van der Waals surface area (Å²) >= 11 is 2.05. The summed E-state index contributed by atoms with van der Waals surface area (Å²) in [4.78, 5) is 0. The fourth-order valence-electron chi connectivity index (χ4n) is 0.0791. The molecule has 1 N–H and O–H groups in total. The zero-order chi connectivity index (χ0) is 4.12. The molecule has 0 saturated carbocycles. The summed E-state index contributed by atoms with van der Waals surface area (Å²) in [6.07, 6.45) is 0.944. The van der Waals surface area contributed by atoms with Crippen LogP contribution in [0.15, 0.2) is 0 Å². The van der Waals surface area contributed by atoms with E-state index >= 15 is 0 Å². The number of aliphatic hydroxyl groups excluding tert-OH is 1. The van der Waals surface area contributed by atoms with Crippen molar-refractivity contribution in [2.24, 2.45) is 0 Å². The molecular weight excluding hydrogens is 125 g/mol. The molecule has 1 nitrogen and oxygen atoms in total. The van der Waals surface area contributed by atoms with Gasteiger partial charge >= 0.3 is 39.9 Å². The van der Waals surface area contributed by atoms with Crippen molar-refractivity contribution < 1.29 is 5.11 Å². The minimum absolute atomic E-state index is 0.344. The first-order valence-corrected chi connectivity index (χ1v) is 3.15. The molecule has 2 heteroatoms. The first-order valence-electron chi connectivity index (χ1n) is 1.67. The van der Waals surface area contributed by atoms with E-state index in [2.05, 4.69) is 16.5 Å². The Morgan fingerprint density at radius 1 is 1.60 bits per heavy atom. The Labute approximate surface area is 40.6 Å². The van der Waals surface area contributed by atoms with Gasteiger partial charge in [-0.15, -0.1) is 0 Å². The van der Waals surface area contributed by atoms with Gasteiger partial charge in [0.25, 0.3) is 0 Å². The quantitative estimate of drug-likeness (QED) is 0.522. The second-order valence-corrected chi connectivity index (χ2v) is 1.88. The van der Waals surface area contributed by atoms with Crippen LogP contribution in [0.4, 0.5) is 0 Å². The molecule has 0 atom stereocenters. The van der Waals surface area contributed by atoms with E-state index in [1.54, 1.807) is 0 Å². The van der Waals surface area contributed by atoms with E-state index in [0.717, 1.165) is 11.7 Å². The summed E-state index contributed by atoms with van der Waals surface area (Å²) in [6.45, 7) is 0.344. The molecular formula is C3H7GeO. The Kier molecular flexibility index (Phi) is 4.96. The molecule has 5 heavy (non-hydrogen) atoms. The third-order valence-corrected chi connectivity index (χ3v) is 1.08. The normalized spacial score (nSPS) is 8.40. The molecule has 0 amide bonds. The summed E-state index contributed by atoms with van der Waals surface area (Å²) < 4.78 is 0. The predicted octanol–water partition coefficient (Wildman–Crippen LogP) is -0.0444. The molecule has 0 aliphatic carbocycles. The van der Waals surface area contributed by atoms with Gasteiger partial charge in [0, 0.05) is 0 Å². The van der Waals surface area contributed by atoms with E-state index in [0.29, 0.717) is 6.61 Å². The Morgan fingerprint density at radius 3 is 2.20 bits per heavy atom. The van der Waals surface area contributed by atoms with Crippen LogP contribution in [0, 0.1) is 0 Å². The molecule has 0 unspecified atom stereocenters. The molecule has 0 rings (SSSR count). The number of hydrogen-bond donors (Lipinski definition) is 1. The Hall–Kier alpha value is 0.503. The number of hydrogen-bond acceptors (Lipinski definition) is 1. The van der Waals surface area contributed by atoms with Gasteiger partial charge in [0.15, 0.2) is 0 Å². The van der Waals surface area contributed by atoms with Crippen LogP contribution in [0.5, 0.6) is 0 Å². The van der Waals surface area contributed by atoms with Crippen molar-refractivity contribution in [3.8, 4) is 0 Å². The van der Waals surface area contributed by atoms with Gasteiger partial charge in [0.1, 0.15) is 0 Å². The maximum atomic E-state index is 8.07. The second-order valence-electron chi connectivity index (χ2n) is 0.827. The van der Waals surface area contributed by atoms with Gasteiger partial charge < -0.3 is 0 Å². The second kappa shape index (κ2) is 4.50. The Bertz CT molecular complexity index is 14.4. The van der Waals surface area contributed by atoms with E-state index in [1.807, 2.05) is 0 Å². The molecule has 0 aliphatic heterocycles. The van der Waals surface area contributed by atoms with Crippen LogP contribution in [0.2, 0.25) is 5.25 Å². The Balaban J connectivity index is 2.19.